The summed E-state index contributed by atoms with van der Waals surface area (Å²) in [6.45, 7) is -0.760. The predicted molar refractivity (Wildman–Crippen MR) is 43.2 cm³/mol. The summed E-state index contributed by atoms with van der Waals surface area (Å²) in [5.41, 5.74) is 0. The molecule has 0 fully saturated rings. The van der Waals surface area contributed by atoms with Crippen LogP contribution in [0.3, 0.4) is 0 Å². The number of aliphatic hydroxyl groups excluding tert-OH is 5. The second-order valence-corrected chi connectivity index (χ2v) is 2.36. The molecular formula is C6H15NO7. The molecule has 0 rings (SSSR count). The molecule has 4 unspecified atom stereocenters. The summed E-state index contributed by atoms with van der Waals surface area (Å²) in [6, 6.07) is 0. The van der Waals surface area contributed by atoms with Gasteiger partial charge in [-0.25, -0.2) is 5.90 Å². The highest BCUT2D eigenvalue weighted by Crippen LogP contribution is 2.02. The van der Waals surface area contributed by atoms with Gasteiger partial charge in [0, 0.05) is 0 Å². The molecule has 0 heterocycles. The Morgan fingerprint density at radius 3 is 1.79 bits per heavy atom. The first-order valence-electron chi connectivity index (χ1n) is 3.58. The van der Waals surface area contributed by atoms with Crippen LogP contribution in [0.4, 0.5) is 0 Å². The SMILES string of the molecule is NO.O=CC(O)C(O)C(O)C(O)CO. The third kappa shape index (κ3) is 5.19. The molecule has 0 aliphatic heterocycles. The fourth-order valence-electron chi connectivity index (χ4n) is 0.618. The lowest BCUT2D eigenvalue weighted by atomic mass is 10.0. The largest absolute Gasteiger partial charge is 0.394 e. The van der Waals surface area contributed by atoms with Crippen LogP contribution in [0.15, 0.2) is 0 Å². The number of hydrogen-bond acceptors (Lipinski definition) is 8. The normalized spacial score (nSPS) is 18.5. The van der Waals surface area contributed by atoms with Crippen LogP contribution in [0.2, 0.25) is 0 Å². The summed E-state index contributed by atoms with van der Waals surface area (Å²) in [5, 5.41) is 50.0. The Morgan fingerprint density at radius 1 is 1.07 bits per heavy atom. The Kier molecular flexibility index (Phi) is 10.1. The molecule has 8 nitrogen and oxygen atoms in total. The third-order valence-electron chi connectivity index (χ3n) is 1.42. The van der Waals surface area contributed by atoms with Crippen LogP contribution in [-0.4, -0.2) is 68.0 Å². The van der Waals surface area contributed by atoms with E-state index in [-0.39, 0.29) is 6.29 Å². The molecule has 0 saturated carbocycles. The van der Waals surface area contributed by atoms with Crippen LogP contribution in [0.1, 0.15) is 0 Å². The van der Waals surface area contributed by atoms with Gasteiger partial charge in [0.15, 0.2) is 6.29 Å². The van der Waals surface area contributed by atoms with E-state index in [2.05, 4.69) is 5.90 Å². The van der Waals surface area contributed by atoms with Gasteiger partial charge in [-0.2, -0.15) is 0 Å². The van der Waals surface area contributed by atoms with Crippen LogP contribution in [0.25, 0.3) is 0 Å². The molecule has 0 aliphatic rings. The second kappa shape index (κ2) is 8.97. The van der Waals surface area contributed by atoms with E-state index in [1.807, 2.05) is 0 Å². The Balaban J connectivity index is 0. The summed E-state index contributed by atoms with van der Waals surface area (Å²) < 4.78 is 0. The Bertz CT molecular complexity index is 144. The Hall–Kier alpha value is -0.610. The quantitative estimate of drug-likeness (QED) is 0.179. The topological polar surface area (TPSA) is 164 Å². The minimum Gasteiger partial charge on any atom is -0.394 e. The van der Waals surface area contributed by atoms with Crippen molar-refractivity contribution in [2.24, 2.45) is 5.90 Å². The molecule has 8 heteroatoms. The van der Waals surface area contributed by atoms with Crippen molar-refractivity contribution in [1.82, 2.24) is 0 Å². The van der Waals surface area contributed by atoms with Crippen molar-refractivity contribution in [2.45, 2.75) is 24.4 Å². The first-order valence-corrected chi connectivity index (χ1v) is 3.58. The van der Waals surface area contributed by atoms with Gasteiger partial charge in [0.1, 0.15) is 24.4 Å². The average Bonchev–Trinajstić information content (AvgIpc) is 2.27. The van der Waals surface area contributed by atoms with Gasteiger partial charge < -0.3 is 35.5 Å². The number of aliphatic hydroxyl groups is 5. The van der Waals surface area contributed by atoms with Gasteiger partial charge in [0.2, 0.25) is 0 Å². The number of aldehydes is 1. The molecule has 0 spiro atoms. The Morgan fingerprint density at radius 2 is 1.50 bits per heavy atom. The van der Waals surface area contributed by atoms with Gasteiger partial charge in [-0.15, -0.1) is 0 Å². The second-order valence-electron chi connectivity index (χ2n) is 2.36. The lowest BCUT2D eigenvalue weighted by Gasteiger charge is -2.22. The fourth-order valence-corrected chi connectivity index (χ4v) is 0.618. The fraction of sp³-hybridized carbons (Fsp3) is 0.833. The highest BCUT2D eigenvalue weighted by Gasteiger charge is 2.29. The van der Waals surface area contributed by atoms with Crippen LogP contribution in [0.5, 0.6) is 0 Å². The molecule has 0 aromatic rings. The van der Waals surface area contributed by atoms with Crippen LogP contribution in [0, 0.1) is 0 Å². The molecule has 0 saturated heterocycles. The van der Waals surface area contributed by atoms with E-state index in [0.29, 0.717) is 0 Å². The molecule has 14 heavy (non-hydrogen) atoms. The number of carbonyl (C=O) groups excluding carboxylic acids is 1. The van der Waals surface area contributed by atoms with E-state index in [1.54, 1.807) is 0 Å². The molecule has 0 amide bonds. The van der Waals surface area contributed by atoms with Gasteiger partial charge in [0.25, 0.3) is 0 Å². The van der Waals surface area contributed by atoms with Gasteiger partial charge in [-0.05, 0) is 0 Å². The number of hydrogen-bond donors (Lipinski definition) is 7. The lowest BCUT2D eigenvalue weighted by Crippen LogP contribution is -2.46. The maximum absolute atomic E-state index is 9.90. The van der Waals surface area contributed by atoms with Crippen LogP contribution >= 0.6 is 0 Å². The maximum atomic E-state index is 9.90. The molecule has 0 aromatic heterocycles. The monoisotopic (exact) mass is 213 g/mol. The van der Waals surface area contributed by atoms with Crippen molar-refractivity contribution >= 4 is 6.29 Å². The first-order chi connectivity index (χ1) is 6.54. The molecular weight excluding hydrogens is 198 g/mol. The van der Waals surface area contributed by atoms with Gasteiger partial charge in [-0.3, -0.25) is 0 Å². The van der Waals surface area contributed by atoms with Gasteiger partial charge in [0.05, 0.1) is 6.61 Å². The summed E-state index contributed by atoms with van der Waals surface area (Å²) >= 11 is 0. The van der Waals surface area contributed by atoms with E-state index in [4.69, 9.17) is 30.7 Å². The standard InChI is InChI=1S/C6H12O6.H3NO/c7-1-3(9)5(11)6(12)4(10)2-8;1-2/h1,3-6,8-12H,2H2;2H,1H2. The zero-order valence-corrected chi connectivity index (χ0v) is 7.26. The van der Waals surface area contributed by atoms with Crippen molar-refractivity contribution in [3.63, 3.8) is 0 Å². The maximum Gasteiger partial charge on any atom is 0.151 e. The lowest BCUT2D eigenvalue weighted by molar-refractivity contribution is -0.136. The highest BCUT2D eigenvalue weighted by atomic mass is 16.4. The molecule has 0 bridgehead atoms. The third-order valence-corrected chi connectivity index (χ3v) is 1.42. The van der Waals surface area contributed by atoms with Crippen molar-refractivity contribution in [2.75, 3.05) is 6.61 Å². The molecule has 0 aromatic carbocycles. The van der Waals surface area contributed by atoms with Crippen molar-refractivity contribution in [1.29, 1.82) is 0 Å². The van der Waals surface area contributed by atoms with E-state index in [9.17, 15) is 4.79 Å². The zero-order valence-electron chi connectivity index (χ0n) is 7.26. The Labute approximate surface area is 79.8 Å². The van der Waals surface area contributed by atoms with Crippen molar-refractivity contribution in [3.05, 3.63) is 0 Å². The average molecular weight is 213 g/mol. The van der Waals surface area contributed by atoms with Crippen LogP contribution in [-0.2, 0) is 4.79 Å². The van der Waals surface area contributed by atoms with E-state index < -0.39 is 31.0 Å². The summed E-state index contributed by atoms with van der Waals surface area (Å²) in [5.74, 6) is 3.50. The van der Waals surface area contributed by atoms with Gasteiger partial charge in [-0.1, -0.05) is 0 Å². The van der Waals surface area contributed by atoms with Crippen molar-refractivity contribution in [3.8, 4) is 0 Å². The number of nitrogens with two attached hydrogens (primary N) is 1. The first kappa shape index (κ1) is 15.8. The molecule has 86 valence electrons. The molecule has 0 radical (unpaired) electrons. The van der Waals surface area contributed by atoms with Crippen molar-refractivity contribution < 1.29 is 35.5 Å². The summed E-state index contributed by atoms with van der Waals surface area (Å²) in [4.78, 5) is 9.90. The molecule has 0 aliphatic carbocycles. The number of rotatable bonds is 5. The smallest absolute Gasteiger partial charge is 0.151 e. The minimum absolute atomic E-state index is 0.0258. The van der Waals surface area contributed by atoms with Crippen LogP contribution < -0.4 is 5.90 Å². The van der Waals surface area contributed by atoms with E-state index in [1.165, 1.54) is 0 Å². The zero-order chi connectivity index (χ0) is 11.7. The predicted octanol–water partition coefficient (Wildman–Crippen LogP) is -4.04. The van der Waals surface area contributed by atoms with E-state index >= 15 is 0 Å². The minimum atomic E-state index is -1.79. The molecule has 4 atom stereocenters. The summed E-state index contributed by atoms with van der Waals surface area (Å²) in [6.07, 6.45) is -6.84. The molecule has 8 N–H and O–H groups in total. The van der Waals surface area contributed by atoms with Gasteiger partial charge >= 0.3 is 0 Å². The number of carbonyl (C=O) groups is 1. The highest BCUT2D eigenvalue weighted by molar-refractivity contribution is 5.56. The van der Waals surface area contributed by atoms with E-state index in [0.717, 1.165) is 0 Å². The summed E-state index contributed by atoms with van der Waals surface area (Å²) in [7, 11) is 0.